The molecule has 0 heterocycles. The predicted octanol–water partition coefficient (Wildman–Crippen LogP) is 34.9. The molecule has 107 heavy (non-hydrogen) atoms. The Kier molecular flexibility index (Phi) is 99.3. The molecule has 12 nitrogen and oxygen atoms in total. The predicted molar refractivity (Wildman–Crippen MR) is 468 cm³/mol. The van der Waals surface area contributed by atoms with Gasteiger partial charge in [0, 0.05) is 0 Å². The van der Waals surface area contributed by atoms with Crippen molar-refractivity contribution < 1.29 is 55.5 Å². The largest absolute Gasteiger partial charge is 0.583 e. The smallest absolute Gasteiger partial charge is 0.404 e. The summed E-state index contributed by atoms with van der Waals surface area (Å²) in [4.78, 5) is 29.3. The Morgan fingerprint density at radius 3 is 0.439 bits per heavy atom. The summed E-state index contributed by atoms with van der Waals surface area (Å²) in [5.74, 6) is 0. The monoisotopic (exact) mass is 1580 g/mol. The van der Waals surface area contributed by atoms with Gasteiger partial charge in [0.05, 0.1) is 39.0 Å². The quantitative estimate of drug-likeness (QED) is 0.0300. The van der Waals surface area contributed by atoms with Crippen LogP contribution in [0, 0.1) is 0 Å². The molecular weight excluding hydrogens is 1390 g/mol. The van der Waals surface area contributed by atoms with Crippen LogP contribution in [0.4, 0.5) is 0 Å². The Morgan fingerprint density at radius 1 is 0.178 bits per heavy atom. The Morgan fingerprint density at radius 2 is 0.299 bits per heavy atom. The lowest BCUT2D eigenvalue weighted by Crippen LogP contribution is -1.99. The van der Waals surface area contributed by atoms with Crippen LogP contribution in [0.3, 0.4) is 0 Å². The van der Waals surface area contributed by atoms with Crippen LogP contribution in [-0.2, 0) is 40.8 Å². The lowest BCUT2D eigenvalue weighted by atomic mass is 10.0. The zero-order chi connectivity index (χ0) is 78.6. The molecular formula is C92H189O12P3. The van der Waals surface area contributed by atoms with Crippen molar-refractivity contribution in [2.75, 3.05) is 26.4 Å². The highest BCUT2D eigenvalue weighted by atomic mass is 31.2. The van der Waals surface area contributed by atoms with Gasteiger partial charge in [0.1, 0.15) is 0 Å². The summed E-state index contributed by atoms with van der Waals surface area (Å²) in [7, 11) is -11.8. The summed E-state index contributed by atoms with van der Waals surface area (Å²) in [6, 6.07) is 0. The number of phosphoric acid groups is 3. The van der Waals surface area contributed by atoms with Crippen LogP contribution in [0.25, 0.3) is 0 Å². The first-order valence-corrected chi connectivity index (χ1v) is 52.1. The molecule has 0 amide bonds. The maximum absolute atomic E-state index is 12.0. The molecule has 0 saturated heterocycles. The number of hydrogen-bond donors (Lipinski definition) is 3. The summed E-state index contributed by atoms with van der Waals surface area (Å²) >= 11 is 0. The van der Waals surface area contributed by atoms with Crippen LogP contribution in [0.1, 0.15) is 542 Å². The molecule has 0 atom stereocenters. The van der Waals surface area contributed by atoms with Crippen LogP contribution in [0.15, 0.2) is 24.7 Å². The van der Waals surface area contributed by atoms with E-state index in [0.717, 1.165) is 77.0 Å². The first-order chi connectivity index (χ1) is 52.4. The molecule has 0 aliphatic rings. The number of phosphoric ester groups is 3. The molecule has 3 N–H and O–H groups in total. The molecule has 644 valence electrons. The lowest BCUT2D eigenvalue weighted by molar-refractivity contribution is 0.144. The molecule has 0 aliphatic carbocycles. The SMILES string of the molecule is CCCCCCCCCCC=COP(=O)(O)OC=CCCCCCCCCCC.CCCCCCCCCCCCCCCCCCOP(=O)(O)OCCCCCCCCCCCCCCCCCC.CCCCCCCCCCCCCCCCOP(=O)(O)OCCCCCCCCCCCCCCCC. The molecule has 0 rings (SSSR count). The fourth-order valence-corrected chi connectivity index (χ4v) is 16.0. The molecule has 0 unspecified atom stereocenters. The van der Waals surface area contributed by atoms with Crippen molar-refractivity contribution >= 4 is 23.5 Å². The zero-order valence-corrected chi connectivity index (χ0v) is 75.3. The first kappa shape index (κ1) is 111. The maximum atomic E-state index is 12.0. The molecule has 0 saturated carbocycles. The summed E-state index contributed by atoms with van der Waals surface area (Å²) in [5, 5.41) is 0. The minimum atomic E-state index is -4.02. The van der Waals surface area contributed by atoms with E-state index in [9.17, 15) is 28.4 Å². The van der Waals surface area contributed by atoms with E-state index >= 15 is 0 Å². The third-order valence-corrected chi connectivity index (χ3v) is 23.9. The number of rotatable bonds is 90. The fraction of sp³-hybridized carbons (Fsp3) is 0.957. The van der Waals surface area contributed by atoms with Gasteiger partial charge in [-0.2, -0.15) is 0 Å². The van der Waals surface area contributed by atoms with Gasteiger partial charge in [-0.1, -0.05) is 491 Å². The summed E-state index contributed by atoms with van der Waals surface area (Å²) in [6.07, 6.45) is 107. The van der Waals surface area contributed by atoms with Crippen molar-refractivity contribution in [3.05, 3.63) is 24.7 Å². The van der Waals surface area contributed by atoms with E-state index in [1.54, 1.807) is 12.2 Å². The average molecular weight is 1580 g/mol. The average Bonchev–Trinajstić information content (AvgIpc) is 1.16. The molecule has 0 bridgehead atoms. The Balaban J connectivity index is -0.00000154. The number of unbranched alkanes of at least 4 members (excludes halogenated alkanes) is 72. The van der Waals surface area contributed by atoms with Crippen molar-refractivity contribution in [1.82, 2.24) is 0 Å². The van der Waals surface area contributed by atoms with Crippen LogP contribution in [0.5, 0.6) is 0 Å². The van der Waals surface area contributed by atoms with Crippen molar-refractivity contribution in [2.24, 2.45) is 0 Å². The molecule has 0 fully saturated rings. The normalized spacial score (nSPS) is 12.5. The second-order valence-electron chi connectivity index (χ2n) is 32.0. The van der Waals surface area contributed by atoms with Gasteiger partial charge >= 0.3 is 23.5 Å². The third kappa shape index (κ3) is 105. The van der Waals surface area contributed by atoms with E-state index in [-0.39, 0.29) is 0 Å². The van der Waals surface area contributed by atoms with Gasteiger partial charge in [-0.05, 0) is 63.5 Å². The second-order valence-corrected chi connectivity index (χ2v) is 36.3. The van der Waals surface area contributed by atoms with Gasteiger partial charge in [-0.25, -0.2) is 13.7 Å². The first-order valence-electron chi connectivity index (χ1n) is 47.6. The lowest BCUT2D eigenvalue weighted by Gasteiger charge is -2.12. The summed E-state index contributed by atoms with van der Waals surface area (Å²) in [5.41, 5.74) is 0. The van der Waals surface area contributed by atoms with Crippen LogP contribution >= 0.6 is 23.5 Å². The van der Waals surface area contributed by atoms with Crippen LogP contribution in [-0.4, -0.2) is 41.1 Å². The molecule has 0 radical (unpaired) electrons. The van der Waals surface area contributed by atoms with Gasteiger partial charge in [-0.15, -0.1) is 0 Å². The van der Waals surface area contributed by atoms with Gasteiger partial charge in [-0.3, -0.25) is 23.0 Å². The van der Waals surface area contributed by atoms with E-state index in [2.05, 4.69) is 41.5 Å². The topological polar surface area (TPSA) is 167 Å². The van der Waals surface area contributed by atoms with Crippen molar-refractivity contribution in [3.8, 4) is 0 Å². The highest BCUT2D eigenvalue weighted by Crippen LogP contribution is 2.45. The van der Waals surface area contributed by atoms with Gasteiger partial charge < -0.3 is 18.8 Å². The molecule has 0 aliphatic heterocycles. The number of hydrogen-bond acceptors (Lipinski definition) is 9. The highest BCUT2D eigenvalue weighted by molar-refractivity contribution is 7.48. The zero-order valence-electron chi connectivity index (χ0n) is 72.6. The molecule has 0 aromatic carbocycles. The van der Waals surface area contributed by atoms with E-state index < -0.39 is 23.5 Å². The van der Waals surface area contributed by atoms with Gasteiger partial charge in [0.15, 0.2) is 0 Å². The molecule has 0 spiro atoms. The Hall–Kier alpha value is -0.510. The van der Waals surface area contributed by atoms with E-state index in [1.807, 2.05) is 0 Å². The van der Waals surface area contributed by atoms with Crippen molar-refractivity contribution in [2.45, 2.75) is 542 Å². The van der Waals surface area contributed by atoms with Crippen LogP contribution < -0.4 is 0 Å². The minimum absolute atomic E-state index is 0.324. The van der Waals surface area contributed by atoms with Gasteiger partial charge in [0.2, 0.25) is 0 Å². The number of allylic oxidation sites excluding steroid dienone is 2. The fourth-order valence-electron chi connectivity index (χ4n) is 13.9. The van der Waals surface area contributed by atoms with E-state index in [4.69, 9.17) is 27.1 Å². The van der Waals surface area contributed by atoms with Crippen molar-refractivity contribution in [1.29, 1.82) is 0 Å². The van der Waals surface area contributed by atoms with Crippen LogP contribution in [0.2, 0.25) is 0 Å². The standard InChI is InChI=1S/C36H75O4P.C32H67O4P.C24H47O4P/c1-3-5-7-9-11-13-15-17-19-21-23-25-27-29-31-33-35-39-41(37,38)40-36-34-32-30-28-26-24-22-20-18-16-14-12-10-8-6-4-2;1-3-5-7-9-11-13-15-17-19-21-23-25-27-29-31-35-37(33,34)36-32-30-28-26-24-22-20-18-16-14-12-10-8-6-4-2;1-3-5-7-9-11-13-15-17-19-21-23-27-29(25,26)28-24-22-20-18-16-14-12-10-8-6-4-2/h3-36H2,1-2H3,(H,37,38);3-32H2,1-2H3,(H,33,34);21-24H,3-20H2,1-2H3,(H,25,26). The third-order valence-electron chi connectivity index (χ3n) is 21.0. The minimum Gasteiger partial charge on any atom is -0.404 e. The van der Waals surface area contributed by atoms with E-state index in [1.165, 1.54) is 436 Å². The maximum Gasteiger partial charge on any atom is 0.583 e. The highest BCUT2D eigenvalue weighted by Gasteiger charge is 2.22. The Labute approximate surface area is 668 Å². The molecule has 0 aromatic heterocycles. The summed E-state index contributed by atoms with van der Waals surface area (Å²) < 4.78 is 66.1. The van der Waals surface area contributed by atoms with E-state index in [0.29, 0.717) is 26.4 Å². The Bertz CT molecular complexity index is 1720. The second kappa shape index (κ2) is 96.1. The van der Waals surface area contributed by atoms with Crippen molar-refractivity contribution in [3.63, 3.8) is 0 Å². The van der Waals surface area contributed by atoms with Gasteiger partial charge in [0.25, 0.3) is 0 Å². The molecule has 0 aromatic rings. The summed E-state index contributed by atoms with van der Waals surface area (Å²) in [6.45, 7) is 14.9. The molecule has 15 heteroatoms.